The molecule has 0 saturated heterocycles. The van der Waals surface area contributed by atoms with Gasteiger partial charge in [-0.1, -0.05) is 23.2 Å². The predicted octanol–water partition coefficient (Wildman–Crippen LogP) is 3.69. The highest BCUT2D eigenvalue weighted by Crippen LogP contribution is 2.33. The lowest BCUT2D eigenvalue weighted by Crippen LogP contribution is -1.95. The molecule has 16 heavy (non-hydrogen) atoms. The molecule has 1 heterocycles. The Hall–Kier alpha value is -1.52. The topological polar surface area (TPSA) is 48.1 Å². The third kappa shape index (κ3) is 1.89. The first-order valence-electron chi connectivity index (χ1n) is 4.36. The molecule has 0 spiro atoms. The zero-order valence-corrected chi connectivity index (χ0v) is 9.44. The van der Waals surface area contributed by atoms with Gasteiger partial charge in [-0.3, -0.25) is 10.1 Å². The number of nitro benzene ring substituents is 1. The molecule has 1 aromatic heterocycles. The molecule has 0 radical (unpaired) electrons. The molecule has 0 fully saturated rings. The van der Waals surface area contributed by atoms with Crippen molar-refractivity contribution in [2.24, 2.45) is 0 Å². The number of benzene rings is 1. The Labute approximate surface area is 101 Å². The van der Waals surface area contributed by atoms with Crippen molar-refractivity contribution in [3.8, 4) is 5.69 Å². The van der Waals surface area contributed by atoms with Gasteiger partial charge in [-0.05, 0) is 12.1 Å². The minimum Gasteiger partial charge on any atom is -0.321 e. The second kappa shape index (κ2) is 4.15. The summed E-state index contributed by atoms with van der Waals surface area (Å²) in [5.74, 6) is 0. The van der Waals surface area contributed by atoms with Crippen molar-refractivity contribution in [1.82, 2.24) is 4.57 Å². The van der Waals surface area contributed by atoms with Gasteiger partial charge in [0, 0.05) is 24.5 Å². The zero-order valence-electron chi connectivity index (χ0n) is 7.93. The Morgan fingerprint density at radius 2 is 1.62 bits per heavy atom. The molecule has 0 atom stereocenters. The smallest absolute Gasteiger partial charge is 0.272 e. The maximum absolute atomic E-state index is 10.6. The standard InChI is InChI=1S/C10H6Cl2N2O2/c11-8-5-7(14(15)16)6-9(12)10(8)13-3-1-2-4-13/h1-6H. The second-order valence-electron chi connectivity index (χ2n) is 3.11. The lowest BCUT2D eigenvalue weighted by molar-refractivity contribution is -0.384. The van der Waals surface area contributed by atoms with E-state index in [2.05, 4.69) is 0 Å². The predicted molar refractivity (Wildman–Crippen MR) is 62.4 cm³/mol. The maximum atomic E-state index is 10.6. The molecule has 0 amide bonds. The molecule has 0 saturated carbocycles. The summed E-state index contributed by atoms with van der Waals surface area (Å²) in [5, 5.41) is 11.1. The lowest BCUT2D eigenvalue weighted by atomic mass is 10.3. The van der Waals surface area contributed by atoms with Crippen LogP contribution in [0.1, 0.15) is 0 Å². The van der Waals surface area contributed by atoms with Crippen molar-refractivity contribution in [3.63, 3.8) is 0 Å². The molecule has 82 valence electrons. The average molecular weight is 257 g/mol. The zero-order chi connectivity index (χ0) is 11.7. The molecular weight excluding hydrogens is 251 g/mol. The first-order chi connectivity index (χ1) is 7.59. The number of nitrogens with zero attached hydrogens (tertiary/aromatic N) is 2. The van der Waals surface area contributed by atoms with Gasteiger partial charge in [0.25, 0.3) is 5.69 Å². The fraction of sp³-hybridized carbons (Fsp3) is 0. The molecule has 0 unspecified atom stereocenters. The van der Waals surface area contributed by atoms with Gasteiger partial charge in [-0.2, -0.15) is 0 Å². The molecule has 0 N–H and O–H groups in total. The van der Waals surface area contributed by atoms with E-state index in [9.17, 15) is 10.1 Å². The Bertz CT molecular complexity index is 515. The summed E-state index contributed by atoms with van der Waals surface area (Å²) in [6.07, 6.45) is 3.53. The molecule has 0 bridgehead atoms. The van der Waals surface area contributed by atoms with Crippen molar-refractivity contribution in [3.05, 3.63) is 56.8 Å². The monoisotopic (exact) mass is 256 g/mol. The van der Waals surface area contributed by atoms with E-state index in [1.165, 1.54) is 12.1 Å². The van der Waals surface area contributed by atoms with Gasteiger partial charge in [0.2, 0.25) is 0 Å². The minimum atomic E-state index is -0.531. The Morgan fingerprint density at radius 3 is 2.06 bits per heavy atom. The highest BCUT2D eigenvalue weighted by molar-refractivity contribution is 6.38. The van der Waals surface area contributed by atoms with Gasteiger partial charge in [-0.15, -0.1) is 0 Å². The number of nitro groups is 1. The lowest BCUT2D eigenvalue weighted by Gasteiger charge is -2.07. The van der Waals surface area contributed by atoms with Gasteiger partial charge in [0.05, 0.1) is 20.7 Å². The quantitative estimate of drug-likeness (QED) is 0.608. The van der Waals surface area contributed by atoms with Crippen LogP contribution in [0.3, 0.4) is 0 Å². The van der Waals surface area contributed by atoms with Crippen LogP contribution in [0.2, 0.25) is 10.0 Å². The van der Waals surface area contributed by atoms with E-state index in [0.29, 0.717) is 5.69 Å². The molecule has 0 aliphatic heterocycles. The molecule has 0 aliphatic rings. The molecule has 6 heteroatoms. The van der Waals surface area contributed by atoms with Crippen LogP contribution in [0.15, 0.2) is 36.7 Å². The number of aromatic nitrogens is 1. The summed E-state index contributed by atoms with van der Waals surface area (Å²) in [6, 6.07) is 6.19. The summed E-state index contributed by atoms with van der Waals surface area (Å²) in [7, 11) is 0. The number of halogens is 2. The van der Waals surface area contributed by atoms with Crippen LogP contribution in [0, 0.1) is 10.1 Å². The van der Waals surface area contributed by atoms with Crippen LogP contribution in [-0.4, -0.2) is 9.49 Å². The number of non-ortho nitro benzene ring substituents is 1. The number of hydrogen-bond donors (Lipinski definition) is 0. The van der Waals surface area contributed by atoms with Crippen LogP contribution < -0.4 is 0 Å². The van der Waals surface area contributed by atoms with Crippen LogP contribution in [0.25, 0.3) is 5.69 Å². The van der Waals surface area contributed by atoms with Crippen molar-refractivity contribution < 1.29 is 4.92 Å². The van der Waals surface area contributed by atoms with E-state index in [1.54, 1.807) is 17.0 Å². The average Bonchev–Trinajstić information content (AvgIpc) is 2.69. The third-order valence-corrected chi connectivity index (χ3v) is 2.65. The highest BCUT2D eigenvalue weighted by Gasteiger charge is 2.15. The SMILES string of the molecule is O=[N+]([O-])c1cc(Cl)c(-n2cccc2)c(Cl)c1. The van der Waals surface area contributed by atoms with Crippen molar-refractivity contribution in [2.75, 3.05) is 0 Å². The van der Waals surface area contributed by atoms with Crippen LogP contribution in [0.5, 0.6) is 0 Å². The minimum absolute atomic E-state index is 0.120. The van der Waals surface area contributed by atoms with E-state index in [-0.39, 0.29) is 15.7 Å². The Morgan fingerprint density at radius 1 is 1.12 bits per heavy atom. The van der Waals surface area contributed by atoms with Gasteiger partial charge in [0.15, 0.2) is 0 Å². The first kappa shape index (κ1) is 11.0. The molecule has 1 aromatic carbocycles. The van der Waals surface area contributed by atoms with Gasteiger partial charge >= 0.3 is 0 Å². The largest absolute Gasteiger partial charge is 0.321 e. The van der Waals surface area contributed by atoms with E-state index in [1.807, 2.05) is 12.1 Å². The Kier molecular flexibility index (Phi) is 2.85. The second-order valence-corrected chi connectivity index (χ2v) is 3.92. The fourth-order valence-corrected chi connectivity index (χ4v) is 2.06. The fourth-order valence-electron chi connectivity index (χ4n) is 1.39. The molecule has 2 aromatic rings. The van der Waals surface area contributed by atoms with Crippen LogP contribution in [-0.2, 0) is 0 Å². The van der Waals surface area contributed by atoms with E-state index >= 15 is 0 Å². The number of hydrogen-bond acceptors (Lipinski definition) is 2. The molecule has 4 nitrogen and oxygen atoms in total. The summed E-state index contributed by atoms with van der Waals surface area (Å²) in [4.78, 5) is 10.1. The summed E-state index contributed by atoms with van der Waals surface area (Å²) in [6.45, 7) is 0. The molecular formula is C10H6Cl2N2O2. The van der Waals surface area contributed by atoms with Crippen molar-refractivity contribution in [1.29, 1.82) is 0 Å². The molecule has 2 rings (SSSR count). The number of rotatable bonds is 2. The normalized spacial score (nSPS) is 10.4. The van der Waals surface area contributed by atoms with Crippen molar-refractivity contribution >= 4 is 28.9 Å². The summed E-state index contributed by atoms with van der Waals surface area (Å²) < 4.78 is 1.70. The van der Waals surface area contributed by atoms with Gasteiger partial charge in [-0.25, -0.2) is 0 Å². The van der Waals surface area contributed by atoms with Gasteiger partial charge in [0.1, 0.15) is 0 Å². The van der Waals surface area contributed by atoms with Gasteiger partial charge < -0.3 is 4.57 Å². The Balaban J connectivity index is 2.61. The molecule has 0 aliphatic carbocycles. The highest BCUT2D eigenvalue weighted by atomic mass is 35.5. The van der Waals surface area contributed by atoms with Crippen molar-refractivity contribution in [2.45, 2.75) is 0 Å². The van der Waals surface area contributed by atoms with Crippen LogP contribution >= 0.6 is 23.2 Å². The third-order valence-electron chi connectivity index (χ3n) is 2.08. The van der Waals surface area contributed by atoms with E-state index in [0.717, 1.165) is 0 Å². The van der Waals surface area contributed by atoms with E-state index < -0.39 is 4.92 Å². The summed E-state index contributed by atoms with van der Waals surface area (Å²) in [5.41, 5.74) is 0.421. The first-order valence-corrected chi connectivity index (χ1v) is 5.12. The maximum Gasteiger partial charge on any atom is 0.272 e. The van der Waals surface area contributed by atoms with Crippen LogP contribution in [0.4, 0.5) is 5.69 Å². The summed E-state index contributed by atoms with van der Waals surface area (Å²) >= 11 is 11.9. The van der Waals surface area contributed by atoms with E-state index in [4.69, 9.17) is 23.2 Å².